The Kier molecular flexibility index (Phi) is 8.40. The van der Waals surface area contributed by atoms with E-state index in [1.54, 1.807) is 0 Å². The molecule has 0 aliphatic heterocycles. The van der Waals surface area contributed by atoms with E-state index in [-0.39, 0.29) is 11.3 Å². The van der Waals surface area contributed by atoms with Gasteiger partial charge in [-0.2, -0.15) is 0 Å². The van der Waals surface area contributed by atoms with Gasteiger partial charge in [0.1, 0.15) is 0 Å². The largest absolute Gasteiger partial charge is 0.550 e. The fourth-order valence-electron chi connectivity index (χ4n) is 1.34. The number of halogens is 2. The third-order valence-corrected chi connectivity index (χ3v) is 2.97. The van der Waals surface area contributed by atoms with Gasteiger partial charge in [0.15, 0.2) is 0 Å². The summed E-state index contributed by atoms with van der Waals surface area (Å²) >= 11 is 11.5. The first kappa shape index (κ1) is 14.1. The number of carbonyl (C=O) groups is 1. The molecule has 2 nitrogen and oxygen atoms in total. The molecule has 0 rings (SSSR count). The van der Waals surface area contributed by atoms with Gasteiger partial charge in [-0.3, -0.25) is 0 Å². The van der Waals surface area contributed by atoms with Crippen molar-refractivity contribution >= 4 is 29.2 Å². The molecule has 0 spiro atoms. The highest BCUT2D eigenvalue weighted by Gasteiger charge is 2.09. The molecule has 0 aromatic heterocycles. The van der Waals surface area contributed by atoms with Crippen LogP contribution in [0.25, 0.3) is 0 Å². The summed E-state index contributed by atoms with van der Waals surface area (Å²) in [4.78, 5) is 10.6. The molecule has 0 amide bonds. The van der Waals surface area contributed by atoms with Crippen LogP contribution in [0.5, 0.6) is 0 Å². The highest BCUT2D eigenvalue weighted by atomic mass is 35.5. The molecule has 0 aliphatic carbocycles. The first-order chi connectivity index (χ1) is 6.61. The van der Waals surface area contributed by atoms with Gasteiger partial charge in [0.25, 0.3) is 0 Å². The highest BCUT2D eigenvalue weighted by molar-refractivity contribution is 6.22. The first-order valence-corrected chi connectivity index (χ1v) is 5.99. The Morgan fingerprint density at radius 2 is 2.00 bits per heavy atom. The van der Waals surface area contributed by atoms with Gasteiger partial charge in [0.2, 0.25) is 0 Å². The minimum atomic E-state index is -0.948. The lowest BCUT2D eigenvalue weighted by Gasteiger charge is -2.16. The third-order valence-electron chi connectivity index (χ3n) is 2.32. The van der Waals surface area contributed by atoms with Crippen molar-refractivity contribution in [1.29, 1.82) is 0 Å². The van der Waals surface area contributed by atoms with Crippen molar-refractivity contribution in [2.75, 3.05) is 5.88 Å². The van der Waals surface area contributed by atoms with E-state index in [1.807, 2.05) is 6.92 Å². The van der Waals surface area contributed by atoms with Crippen LogP contribution in [0.3, 0.4) is 0 Å². The van der Waals surface area contributed by atoms with Crippen LogP contribution in [0.15, 0.2) is 0 Å². The second-order valence-corrected chi connectivity index (χ2v) is 4.43. The third kappa shape index (κ3) is 6.50. The lowest BCUT2D eigenvalue weighted by Crippen LogP contribution is -2.30. The van der Waals surface area contributed by atoms with E-state index in [0.717, 1.165) is 19.3 Å². The lowest BCUT2D eigenvalue weighted by molar-refractivity contribution is -0.311. The molecule has 2 atom stereocenters. The van der Waals surface area contributed by atoms with E-state index >= 15 is 0 Å². The summed E-state index contributed by atoms with van der Waals surface area (Å²) in [6, 6.07) is 0. The summed E-state index contributed by atoms with van der Waals surface area (Å²) in [5, 5.41) is 10.6. The number of carboxylic acid groups (broad SMARTS) is 1. The molecule has 14 heavy (non-hydrogen) atoms. The average Bonchev–Trinajstić information content (AvgIpc) is 2.12. The van der Waals surface area contributed by atoms with Gasteiger partial charge < -0.3 is 9.90 Å². The number of hydrogen-bond acceptors (Lipinski definition) is 2. The molecule has 0 saturated carbocycles. The van der Waals surface area contributed by atoms with Crippen molar-refractivity contribution in [2.24, 2.45) is 5.92 Å². The number of carbonyl (C=O) groups excluding carboxylic acids is 1. The summed E-state index contributed by atoms with van der Waals surface area (Å²) in [5.74, 6) is -0.711. The SMILES string of the molecule is CCC(CCCC(Cl)CCCl)C(=O)[O-]. The molecule has 0 saturated heterocycles. The Morgan fingerprint density at radius 3 is 2.43 bits per heavy atom. The summed E-state index contributed by atoms with van der Waals surface area (Å²) in [6.45, 7) is 1.86. The minimum Gasteiger partial charge on any atom is -0.550 e. The van der Waals surface area contributed by atoms with E-state index in [2.05, 4.69) is 0 Å². The van der Waals surface area contributed by atoms with Gasteiger partial charge in [-0.1, -0.05) is 13.3 Å². The van der Waals surface area contributed by atoms with E-state index in [9.17, 15) is 9.90 Å². The quantitative estimate of drug-likeness (QED) is 0.610. The van der Waals surface area contributed by atoms with Crippen LogP contribution in [0, 0.1) is 5.92 Å². The van der Waals surface area contributed by atoms with Crippen LogP contribution >= 0.6 is 23.2 Å². The molecule has 0 aliphatic rings. The number of carboxylic acids is 1. The van der Waals surface area contributed by atoms with Crippen molar-refractivity contribution in [3.05, 3.63) is 0 Å². The van der Waals surface area contributed by atoms with Crippen molar-refractivity contribution in [3.8, 4) is 0 Å². The zero-order chi connectivity index (χ0) is 11.0. The normalized spacial score (nSPS) is 15.1. The molecule has 0 radical (unpaired) electrons. The maximum absolute atomic E-state index is 10.6. The predicted octanol–water partition coefficient (Wildman–Crippen LogP) is 2.17. The first-order valence-electron chi connectivity index (χ1n) is 5.02. The van der Waals surface area contributed by atoms with Crippen molar-refractivity contribution in [3.63, 3.8) is 0 Å². The summed E-state index contributed by atoms with van der Waals surface area (Å²) in [5.41, 5.74) is 0. The lowest BCUT2D eigenvalue weighted by atomic mass is 9.98. The predicted molar refractivity (Wildman–Crippen MR) is 57.6 cm³/mol. The Balaban J connectivity index is 3.55. The van der Waals surface area contributed by atoms with Crippen LogP contribution in [-0.2, 0) is 4.79 Å². The highest BCUT2D eigenvalue weighted by Crippen LogP contribution is 2.17. The van der Waals surface area contributed by atoms with Crippen molar-refractivity contribution < 1.29 is 9.90 Å². The Hall–Kier alpha value is 0.0500. The van der Waals surface area contributed by atoms with E-state index < -0.39 is 5.97 Å². The average molecular weight is 240 g/mol. The Labute approximate surface area is 95.6 Å². The van der Waals surface area contributed by atoms with Gasteiger partial charge in [-0.15, -0.1) is 23.2 Å². The summed E-state index contributed by atoms with van der Waals surface area (Å²) < 4.78 is 0. The van der Waals surface area contributed by atoms with Crippen LogP contribution in [0.1, 0.15) is 39.0 Å². The molecular weight excluding hydrogens is 223 g/mol. The second kappa shape index (κ2) is 8.37. The zero-order valence-electron chi connectivity index (χ0n) is 8.47. The van der Waals surface area contributed by atoms with E-state index in [1.165, 1.54) is 0 Å². The van der Waals surface area contributed by atoms with Crippen molar-refractivity contribution in [2.45, 2.75) is 44.4 Å². The van der Waals surface area contributed by atoms with Gasteiger partial charge in [-0.25, -0.2) is 0 Å². The Morgan fingerprint density at radius 1 is 1.36 bits per heavy atom. The summed E-state index contributed by atoms with van der Waals surface area (Å²) in [6.07, 6.45) is 3.73. The molecule has 0 heterocycles. The number of alkyl halides is 2. The molecule has 0 aromatic carbocycles. The van der Waals surface area contributed by atoms with E-state index in [0.29, 0.717) is 18.7 Å². The molecule has 0 bridgehead atoms. The number of rotatable bonds is 8. The molecule has 4 heteroatoms. The maximum atomic E-state index is 10.6. The molecule has 0 fully saturated rings. The molecule has 0 aromatic rings. The monoisotopic (exact) mass is 239 g/mol. The molecule has 84 valence electrons. The topological polar surface area (TPSA) is 40.1 Å². The maximum Gasteiger partial charge on any atom is 0.0445 e. The van der Waals surface area contributed by atoms with Crippen LogP contribution < -0.4 is 5.11 Å². The molecule has 2 unspecified atom stereocenters. The fraction of sp³-hybridized carbons (Fsp3) is 0.900. The zero-order valence-corrected chi connectivity index (χ0v) is 9.98. The van der Waals surface area contributed by atoms with Gasteiger partial charge in [-0.05, 0) is 31.6 Å². The van der Waals surface area contributed by atoms with E-state index in [4.69, 9.17) is 23.2 Å². The Bertz CT molecular complexity index is 162. The number of aliphatic carboxylic acids is 1. The van der Waals surface area contributed by atoms with Crippen LogP contribution in [-0.4, -0.2) is 17.2 Å². The molecule has 0 N–H and O–H groups in total. The van der Waals surface area contributed by atoms with Gasteiger partial charge in [0, 0.05) is 17.2 Å². The number of hydrogen-bond donors (Lipinski definition) is 0. The fourth-order valence-corrected chi connectivity index (χ4v) is 1.98. The smallest absolute Gasteiger partial charge is 0.0445 e. The van der Waals surface area contributed by atoms with Crippen molar-refractivity contribution in [1.82, 2.24) is 0 Å². The summed E-state index contributed by atoms with van der Waals surface area (Å²) in [7, 11) is 0. The molecular formula is C10H17Cl2O2-. The minimum absolute atomic E-state index is 0.0757. The second-order valence-electron chi connectivity index (χ2n) is 3.43. The van der Waals surface area contributed by atoms with Gasteiger partial charge >= 0.3 is 0 Å². The van der Waals surface area contributed by atoms with Crippen LogP contribution in [0.4, 0.5) is 0 Å². The standard InChI is InChI=1S/C10H18Cl2O2/c1-2-8(10(13)14)4-3-5-9(12)6-7-11/h8-9H,2-7H2,1H3,(H,13,14)/p-1. The van der Waals surface area contributed by atoms with Crippen LogP contribution in [0.2, 0.25) is 0 Å². The van der Waals surface area contributed by atoms with Gasteiger partial charge in [0.05, 0.1) is 0 Å².